The third kappa shape index (κ3) is 1.28. The average Bonchev–Trinajstić information content (AvgIpc) is 2.84. The summed E-state index contributed by atoms with van der Waals surface area (Å²) in [6.07, 6.45) is 0. The Kier molecular flexibility index (Phi) is 1.82. The third-order valence-corrected chi connectivity index (χ3v) is 2.57. The largest absolute Gasteiger partial charge is 0.365 e. The van der Waals surface area contributed by atoms with Gasteiger partial charge in [0.15, 0.2) is 0 Å². The molecular weight excluding hydrogens is 182 g/mol. The van der Waals surface area contributed by atoms with Gasteiger partial charge in [-0.2, -0.15) is 0 Å². The van der Waals surface area contributed by atoms with Gasteiger partial charge < -0.3 is 4.74 Å². The summed E-state index contributed by atoms with van der Waals surface area (Å²) in [5.41, 5.74) is 1.12. The zero-order chi connectivity index (χ0) is 10.3. The fourth-order valence-corrected chi connectivity index (χ4v) is 1.59. The van der Waals surface area contributed by atoms with Crippen molar-refractivity contribution in [2.75, 3.05) is 6.61 Å². The van der Waals surface area contributed by atoms with Crippen LogP contribution in [0.25, 0.3) is 0 Å². The van der Waals surface area contributed by atoms with E-state index in [0.717, 1.165) is 0 Å². The number of aryl methyl sites for hydroxylation is 1. The van der Waals surface area contributed by atoms with Crippen molar-refractivity contribution >= 4 is 5.69 Å². The van der Waals surface area contributed by atoms with Gasteiger partial charge in [-0.05, 0) is 19.9 Å². The maximum Gasteiger partial charge on any atom is 0.278 e. The van der Waals surface area contributed by atoms with E-state index in [0.29, 0.717) is 17.7 Å². The maximum absolute atomic E-state index is 10.9. The first-order valence-corrected chi connectivity index (χ1v) is 4.43. The Bertz CT molecular complexity index is 396. The van der Waals surface area contributed by atoms with Crippen molar-refractivity contribution in [3.05, 3.63) is 39.4 Å². The molecule has 74 valence electrons. The summed E-state index contributed by atoms with van der Waals surface area (Å²) >= 11 is 0. The second-order valence-corrected chi connectivity index (χ2v) is 3.75. The predicted octanol–water partition coefficient (Wildman–Crippen LogP) is 2.15. The SMILES string of the molecule is Cc1cccc(C2(C)CO2)c1[N+](=O)[O-]. The predicted molar refractivity (Wildman–Crippen MR) is 51.1 cm³/mol. The van der Waals surface area contributed by atoms with Crippen LogP contribution in [0.5, 0.6) is 0 Å². The molecule has 2 rings (SSSR count). The lowest BCUT2D eigenvalue weighted by Gasteiger charge is -2.07. The molecule has 1 aromatic carbocycles. The highest BCUT2D eigenvalue weighted by molar-refractivity contribution is 5.51. The fourth-order valence-electron chi connectivity index (χ4n) is 1.59. The van der Waals surface area contributed by atoms with E-state index in [2.05, 4.69) is 0 Å². The zero-order valence-electron chi connectivity index (χ0n) is 8.11. The van der Waals surface area contributed by atoms with Crippen LogP contribution in [0.15, 0.2) is 18.2 Å². The van der Waals surface area contributed by atoms with Gasteiger partial charge in [0.1, 0.15) is 5.60 Å². The van der Waals surface area contributed by atoms with Crippen LogP contribution in [0, 0.1) is 17.0 Å². The molecule has 0 aliphatic carbocycles. The minimum absolute atomic E-state index is 0.188. The van der Waals surface area contributed by atoms with Gasteiger partial charge in [-0.1, -0.05) is 12.1 Å². The summed E-state index contributed by atoms with van der Waals surface area (Å²) in [7, 11) is 0. The molecule has 0 aromatic heterocycles. The van der Waals surface area contributed by atoms with E-state index in [1.165, 1.54) is 0 Å². The Balaban J connectivity index is 2.59. The molecule has 1 atom stereocenters. The zero-order valence-corrected chi connectivity index (χ0v) is 8.11. The monoisotopic (exact) mass is 193 g/mol. The van der Waals surface area contributed by atoms with E-state index in [-0.39, 0.29) is 10.6 Å². The number of nitro groups is 1. The summed E-state index contributed by atoms with van der Waals surface area (Å²) in [6.45, 7) is 4.18. The Labute approximate surface area is 81.7 Å². The smallest absolute Gasteiger partial charge is 0.278 e. The van der Waals surface area contributed by atoms with Crippen molar-refractivity contribution in [3.63, 3.8) is 0 Å². The fraction of sp³-hybridized carbons (Fsp3) is 0.400. The van der Waals surface area contributed by atoms with Crippen LogP contribution in [0.1, 0.15) is 18.1 Å². The van der Waals surface area contributed by atoms with Crippen molar-refractivity contribution in [3.8, 4) is 0 Å². The maximum atomic E-state index is 10.9. The number of para-hydroxylation sites is 1. The minimum atomic E-state index is -0.436. The summed E-state index contributed by atoms with van der Waals surface area (Å²) in [4.78, 5) is 10.5. The number of benzene rings is 1. The molecule has 4 nitrogen and oxygen atoms in total. The molecule has 1 saturated heterocycles. The van der Waals surface area contributed by atoms with E-state index >= 15 is 0 Å². The molecule has 1 fully saturated rings. The van der Waals surface area contributed by atoms with Gasteiger partial charge in [-0.3, -0.25) is 10.1 Å². The third-order valence-electron chi connectivity index (χ3n) is 2.57. The summed E-state index contributed by atoms with van der Waals surface area (Å²) in [5.74, 6) is 0. The van der Waals surface area contributed by atoms with Gasteiger partial charge in [-0.25, -0.2) is 0 Å². The number of nitro benzene ring substituents is 1. The highest BCUT2D eigenvalue weighted by Crippen LogP contribution is 2.43. The Morgan fingerprint density at radius 1 is 1.57 bits per heavy atom. The van der Waals surface area contributed by atoms with Gasteiger partial charge >= 0.3 is 0 Å². The van der Waals surface area contributed by atoms with Crippen LogP contribution in [-0.2, 0) is 10.3 Å². The first kappa shape index (κ1) is 9.15. The molecule has 14 heavy (non-hydrogen) atoms. The lowest BCUT2D eigenvalue weighted by Crippen LogP contribution is -2.07. The van der Waals surface area contributed by atoms with E-state index in [4.69, 9.17) is 4.74 Å². The average molecular weight is 193 g/mol. The lowest BCUT2D eigenvalue weighted by atomic mass is 9.97. The quantitative estimate of drug-likeness (QED) is 0.410. The molecule has 0 radical (unpaired) electrons. The molecule has 1 unspecified atom stereocenters. The highest BCUT2D eigenvalue weighted by Gasteiger charge is 2.45. The molecule has 4 heteroatoms. The van der Waals surface area contributed by atoms with Crippen molar-refractivity contribution in [2.45, 2.75) is 19.4 Å². The summed E-state index contributed by atoms with van der Waals surface area (Å²) in [5, 5.41) is 10.9. The standard InChI is InChI=1S/C10H11NO3/c1-7-4-3-5-8(9(7)11(12)13)10(2)6-14-10/h3-5H,6H2,1-2H3. The highest BCUT2D eigenvalue weighted by atomic mass is 16.6. The van der Waals surface area contributed by atoms with Crippen molar-refractivity contribution in [2.24, 2.45) is 0 Å². The minimum Gasteiger partial charge on any atom is -0.365 e. The molecular formula is C10H11NO3. The Hall–Kier alpha value is -1.42. The van der Waals surface area contributed by atoms with Gasteiger partial charge in [0.2, 0.25) is 0 Å². The summed E-state index contributed by atoms with van der Waals surface area (Å²) < 4.78 is 5.22. The van der Waals surface area contributed by atoms with Crippen molar-refractivity contribution in [1.29, 1.82) is 0 Å². The van der Waals surface area contributed by atoms with Gasteiger partial charge in [0.05, 0.1) is 17.1 Å². The molecule has 1 aromatic rings. The van der Waals surface area contributed by atoms with Crippen LogP contribution in [0.2, 0.25) is 0 Å². The van der Waals surface area contributed by atoms with Crippen molar-refractivity contribution < 1.29 is 9.66 Å². The normalized spacial score (nSPS) is 24.7. The Morgan fingerprint density at radius 2 is 2.21 bits per heavy atom. The first-order valence-electron chi connectivity index (χ1n) is 4.43. The summed E-state index contributed by atoms with van der Waals surface area (Å²) in [6, 6.07) is 5.33. The molecule has 1 aliphatic rings. The van der Waals surface area contributed by atoms with Gasteiger partial charge in [0.25, 0.3) is 5.69 Å². The second-order valence-electron chi connectivity index (χ2n) is 3.75. The van der Waals surface area contributed by atoms with Gasteiger partial charge in [0, 0.05) is 5.56 Å². The number of ether oxygens (including phenoxy) is 1. The van der Waals surface area contributed by atoms with Gasteiger partial charge in [-0.15, -0.1) is 0 Å². The topological polar surface area (TPSA) is 55.7 Å². The van der Waals surface area contributed by atoms with E-state index < -0.39 is 5.60 Å². The number of hydrogen-bond acceptors (Lipinski definition) is 3. The number of nitrogens with zero attached hydrogens (tertiary/aromatic N) is 1. The molecule has 1 heterocycles. The van der Waals surface area contributed by atoms with Crippen LogP contribution in [0.3, 0.4) is 0 Å². The molecule has 0 N–H and O–H groups in total. The number of epoxide rings is 1. The number of hydrogen-bond donors (Lipinski definition) is 0. The van der Waals surface area contributed by atoms with Crippen LogP contribution >= 0.6 is 0 Å². The second kappa shape index (κ2) is 2.78. The lowest BCUT2D eigenvalue weighted by molar-refractivity contribution is -0.386. The van der Waals surface area contributed by atoms with Crippen LogP contribution in [-0.4, -0.2) is 11.5 Å². The van der Waals surface area contributed by atoms with Crippen LogP contribution in [0.4, 0.5) is 5.69 Å². The molecule has 1 aliphatic heterocycles. The molecule has 0 saturated carbocycles. The van der Waals surface area contributed by atoms with E-state index in [1.807, 2.05) is 13.0 Å². The van der Waals surface area contributed by atoms with Crippen LogP contribution < -0.4 is 0 Å². The Morgan fingerprint density at radius 3 is 2.71 bits per heavy atom. The molecule has 0 spiro atoms. The first-order chi connectivity index (χ1) is 6.54. The van der Waals surface area contributed by atoms with Crippen molar-refractivity contribution in [1.82, 2.24) is 0 Å². The van der Waals surface area contributed by atoms with E-state index in [1.54, 1.807) is 19.1 Å². The molecule has 0 amide bonds. The van der Waals surface area contributed by atoms with E-state index in [9.17, 15) is 10.1 Å². The molecule has 0 bridgehead atoms. The number of rotatable bonds is 2.